The van der Waals surface area contributed by atoms with Crippen molar-refractivity contribution in [1.29, 1.82) is 0 Å². The summed E-state index contributed by atoms with van der Waals surface area (Å²) in [5.74, 6) is 2.47. The van der Waals surface area contributed by atoms with Crippen LogP contribution in [0.1, 0.15) is 65.2 Å². The minimum atomic E-state index is -0.353. The van der Waals surface area contributed by atoms with Crippen molar-refractivity contribution in [2.24, 2.45) is 34.5 Å². The van der Waals surface area contributed by atoms with E-state index in [0.717, 1.165) is 38.5 Å². The van der Waals surface area contributed by atoms with E-state index < -0.39 is 0 Å². The van der Waals surface area contributed by atoms with Crippen molar-refractivity contribution in [2.75, 3.05) is 0 Å². The predicted octanol–water partition coefficient (Wildman–Crippen LogP) is 3.14. The van der Waals surface area contributed by atoms with Crippen LogP contribution in [-0.2, 0) is 9.59 Å². The summed E-state index contributed by atoms with van der Waals surface area (Å²) in [4.78, 5) is 24.3. The van der Waals surface area contributed by atoms with Crippen LogP contribution in [0.3, 0.4) is 0 Å². The standard InChI is InChI=1S/C19H28O3/c1-18-7-5-11(20)9-15(18)16(21)10-12-13-3-4-17(22)19(13,2)8-6-14(12)18/h12-16,21H,3-10H2,1-2H3/t12-,13-,14-,15?,16?,18+,19-/m0/s1. The van der Waals surface area contributed by atoms with Crippen LogP contribution in [0.25, 0.3) is 0 Å². The molecular formula is C19H28O3. The van der Waals surface area contributed by atoms with E-state index in [4.69, 9.17) is 0 Å². The molecule has 4 aliphatic carbocycles. The number of carbonyl (C=O) groups is 2. The van der Waals surface area contributed by atoms with E-state index in [9.17, 15) is 14.7 Å². The normalized spacial score (nSPS) is 54.6. The Kier molecular flexibility index (Phi) is 3.15. The summed E-state index contributed by atoms with van der Waals surface area (Å²) in [7, 11) is 0. The third-order valence-corrected chi connectivity index (χ3v) is 8.21. The number of carbonyl (C=O) groups excluding carboxylic acids is 2. The van der Waals surface area contributed by atoms with Gasteiger partial charge in [-0.15, -0.1) is 0 Å². The van der Waals surface area contributed by atoms with Crippen LogP contribution in [0.4, 0.5) is 0 Å². The van der Waals surface area contributed by atoms with Gasteiger partial charge in [-0.1, -0.05) is 13.8 Å². The zero-order valence-electron chi connectivity index (χ0n) is 13.8. The van der Waals surface area contributed by atoms with Gasteiger partial charge in [-0.2, -0.15) is 0 Å². The zero-order chi connectivity index (χ0) is 15.7. The van der Waals surface area contributed by atoms with Gasteiger partial charge in [0, 0.05) is 24.7 Å². The van der Waals surface area contributed by atoms with Gasteiger partial charge in [0.15, 0.2) is 0 Å². The number of aliphatic hydroxyl groups excluding tert-OH is 1. The van der Waals surface area contributed by atoms with Crippen LogP contribution in [0.5, 0.6) is 0 Å². The summed E-state index contributed by atoms with van der Waals surface area (Å²) in [6, 6.07) is 0. The average Bonchev–Trinajstić information content (AvgIpc) is 2.77. The second-order valence-electron chi connectivity index (χ2n) is 8.95. The third kappa shape index (κ3) is 1.78. The van der Waals surface area contributed by atoms with Crippen molar-refractivity contribution in [2.45, 2.75) is 71.3 Å². The molecule has 0 aliphatic heterocycles. The van der Waals surface area contributed by atoms with Crippen molar-refractivity contribution in [3.8, 4) is 0 Å². The Morgan fingerprint density at radius 2 is 1.77 bits per heavy atom. The maximum absolute atomic E-state index is 12.4. The second kappa shape index (κ2) is 4.66. The highest BCUT2D eigenvalue weighted by Crippen LogP contribution is 2.65. The van der Waals surface area contributed by atoms with Crippen LogP contribution >= 0.6 is 0 Å². The smallest absolute Gasteiger partial charge is 0.139 e. The van der Waals surface area contributed by atoms with Crippen molar-refractivity contribution in [3.63, 3.8) is 0 Å². The molecule has 0 saturated heterocycles. The van der Waals surface area contributed by atoms with Crippen molar-refractivity contribution >= 4 is 11.6 Å². The molecule has 4 aliphatic rings. The first-order valence-electron chi connectivity index (χ1n) is 9.09. The van der Waals surface area contributed by atoms with Gasteiger partial charge in [-0.3, -0.25) is 9.59 Å². The first-order valence-corrected chi connectivity index (χ1v) is 9.09. The Labute approximate surface area is 132 Å². The predicted molar refractivity (Wildman–Crippen MR) is 83.1 cm³/mol. The lowest BCUT2D eigenvalue weighted by Gasteiger charge is -2.60. The highest BCUT2D eigenvalue weighted by molar-refractivity contribution is 5.87. The Morgan fingerprint density at radius 1 is 1.00 bits per heavy atom. The maximum atomic E-state index is 12.4. The summed E-state index contributed by atoms with van der Waals surface area (Å²) in [5, 5.41) is 10.8. The fraction of sp³-hybridized carbons (Fsp3) is 0.895. The Morgan fingerprint density at radius 3 is 2.55 bits per heavy atom. The molecule has 0 spiro atoms. The molecule has 0 aromatic carbocycles. The molecule has 4 fully saturated rings. The monoisotopic (exact) mass is 304 g/mol. The topological polar surface area (TPSA) is 54.4 Å². The van der Waals surface area contributed by atoms with E-state index >= 15 is 0 Å². The van der Waals surface area contributed by atoms with Gasteiger partial charge >= 0.3 is 0 Å². The molecule has 4 rings (SSSR count). The van der Waals surface area contributed by atoms with E-state index in [2.05, 4.69) is 13.8 Å². The quantitative estimate of drug-likeness (QED) is 0.748. The Bertz CT molecular complexity index is 527. The summed E-state index contributed by atoms with van der Waals surface area (Å²) in [5.41, 5.74) is -0.0300. The second-order valence-corrected chi connectivity index (χ2v) is 8.95. The minimum Gasteiger partial charge on any atom is -0.393 e. The molecule has 7 atom stereocenters. The molecule has 4 saturated carbocycles. The molecule has 3 heteroatoms. The van der Waals surface area contributed by atoms with Gasteiger partial charge in [0.25, 0.3) is 0 Å². The summed E-state index contributed by atoms with van der Waals surface area (Å²) in [6.45, 7) is 4.50. The first-order chi connectivity index (χ1) is 10.4. The third-order valence-electron chi connectivity index (χ3n) is 8.21. The number of hydrogen-bond donors (Lipinski definition) is 1. The van der Waals surface area contributed by atoms with E-state index in [1.54, 1.807) is 0 Å². The lowest BCUT2D eigenvalue weighted by molar-refractivity contribution is -0.165. The maximum Gasteiger partial charge on any atom is 0.139 e. The number of ketones is 2. The lowest BCUT2D eigenvalue weighted by atomic mass is 9.44. The van der Waals surface area contributed by atoms with Crippen molar-refractivity contribution in [1.82, 2.24) is 0 Å². The van der Waals surface area contributed by atoms with E-state index in [-0.39, 0.29) is 22.9 Å². The van der Waals surface area contributed by atoms with Crippen LogP contribution in [0.15, 0.2) is 0 Å². The van der Waals surface area contributed by atoms with Gasteiger partial charge < -0.3 is 5.11 Å². The van der Waals surface area contributed by atoms with Crippen molar-refractivity contribution in [3.05, 3.63) is 0 Å². The van der Waals surface area contributed by atoms with E-state index in [1.807, 2.05) is 0 Å². The number of fused-ring (bicyclic) bond motifs is 5. The molecule has 0 aromatic rings. The molecule has 22 heavy (non-hydrogen) atoms. The SMILES string of the molecule is C[C@]12CCC(=O)CC1C(O)C[C@@H]1[C@@H]2CC[C@]2(C)C(=O)CC[C@@H]12. The molecule has 0 heterocycles. The van der Waals surface area contributed by atoms with Crippen molar-refractivity contribution < 1.29 is 14.7 Å². The number of aliphatic hydroxyl groups is 1. The van der Waals surface area contributed by atoms with E-state index in [0.29, 0.717) is 42.2 Å². The van der Waals surface area contributed by atoms with Crippen LogP contribution in [-0.4, -0.2) is 22.8 Å². The summed E-state index contributed by atoms with van der Waals surface area (Å²) < 4.78 is 0. The first kappa shape index (κ1) is 14.9. The molecule has 0 aromatic heterocycles. The Hall–Kier alpha value is -0.700. The molecule has 1 N–H and O–H groups in total. The average molecular weight is 304 g/mol. The fourth-order valence-electron chi connectivity index (χ4n) is 6.86. The van der Waals surface area contributed by atoms with Gasteiger partial charge in [0.2, 0.25) is 0 Å². The summed E-state index contributed by atoms with van der Waals surface area (Å²) in [6.07, 6.45) is 6.53. The molecular weight excluding hydrogens is 276 g/mol. The lowest BCUT2D eigenvalue weighted by Crippen LogP contribution is -2.57. The Balaban J connectivity index is 1.69. The van der Waals surface area contributed by atoms with Gasteiger partial charge in [0.1, 0.15) is 11.6 Å². The van der Waals surface area contributed by atoms with Crippen LogP contribution in [0, 0.1) is 34.5 Å². The number of rotatable bonds is 0. The summed E-state index contributed by atoms with van der Waals surface area (Å²) >= 11 is 0. The molecule has 0 bridgehead atoms. The fourth-order valence-corrected chi connectivity index (χ4v) is 6.86. The molecule has 3 nitrogen and oxygen atoms in total. The van der Waals surface area contributed by atoms with Crippen LogP contribution in [0.2, 0.25) is 0 Å². The van der Waals surface area contributed by atoms with Gasteiger partial charge in [-0.25, -0.2) is 0 Å². The molecule has 2 unspecified atom stereocenters. The van der Waals surface area contributed by atoms with E-state index in [1.165, 1.54) is 0 Å². The number of Topliss-reactive ketones (excluding diaryl/α,β-unsaturated/α-hetero) is 2. The van der Waals surface area contributed by atoms with Gasteiger partial charge in [-0.05, 0) is 61.2 Å². The van der Waals surface area contributed by atoms with Crippen LogP contribution < -0.4 is 0 Å². The zero-order valence-corrected chi connectivity index (χ0v) is 13.8. The molecule has 0 radical (unpaired) electrons. The highest BCUT2D eigenvalue weighted by atomic mass is 16.3. The number of hydrogen-bond acceptors (Lipinski definition) is 3. The molecule has 122 valence electrons. The highest BCUT2D eigenvalue weighted by Gasteiger charge is 2.62. The largest absolute Gasteiger partial charge is 0.393 e. The molecule has 0 amide bonds. The van der Waals surface area contributed by atoms with Gasteiger partial charge in [0.05, 0.1) is 6.10 Å². The minimum absolute atomic E-state index is 0.100.